The van der Waals surface area contributed by atoms with E-state index in [2.05, 4.69) is 22.2 Å². The number of rotatable bonds is 10. The summed E-state index contributed by atoms with van der Waals surface area (Å²) in [5, 5.41) is 6.55. The van der Waals surface area contributed by atoms with Crippen molar-refractivity contribution in [1.82, 2.24) is 15.2 Å². The number of amides is 2. The number of nitrogens with zero attached hydrogens (tertiary/aromatic N) is 2. The predicted octanol–water partition coefficient (Wildman–Crippen LogP) is 3.69. The summed E-state index contributed by atoms with van der Waals surface area (Å²) in [7, 11) is 0. The number of ketones is 1. The highest BCUT2D eigenvalue weighted by atomic mass is 16.4. The number of carbonyl (C=O) groups is 3. The average molecular weight is 526 g/mol. The molecule has 5 rings (SSSR count). The lowest BCUT2D eigenvalue weighted by atomic mass is 9.74. The Hall–Kier alpha value is -2.84. The highest BCUT2D eigenvalue weighted by Crippen LogP contribution is 2.77. The number of Topliss-reactive ketones (excluding diaryl/α,β-unsaturated/α-hetero) is 1. The highest BCUT2D eigenvalue weighted by molar-refractivity contribution is 6.37. The Morgan fingerprint density at radius 3 is 2.42 bits per heavy atom. The molecule has 0 radical (unpaired) electrons. The third kappa shape index (κ3) is 4.73. The quantitative estimate of drug-likeness (QED) is 0.397. The van der Waals surface area contributed by atoms with Gasteiger partial charge in [-0.15, -0.1) is 0 Å². The van der Waals surface area contributed by atoms with Crippen LogP contribution in [-0.2, 0) is 14.4 Å². The van der Waals surface area contributed by atoms with Crippen LogP contribution in [0, 0.1) is 29.1 Å². The fourth-order valence-electron chi connectivity index (χ4n) is 7.09. The summed E-state index contributed by atoms with van der Waals surface area (Å²) < 4.78 is 5.66. The van der Waals surface area contributed by atoms with Crippen molar-refractivity contribution in [2.24, 2.45) is 27.9 Å². The Morgan fingerprint density at radius 2 is 1.95 bits per heavy atom. The largest absolute Gasteiger partial charge is 0.429 e. The van der Waals surface area contributed by atoms with Crippen LogP contribution in [0.2, 0.25) is 0 Å². The minimum Gasteiger partial charge on any atom is -0.429 e. The number of hydrogen-bond donors (Lipinski definition) is 3. The maximum atomic E-state index is 14.3. The van der Waals surface area contributed by atoms with Crippen molar-refractivity contribution < 1.29 is 18.8 Å². The van der Waals surface area contributed by atoms with Gasteiger partial charge in [0.25, 0.3) is 11.9 Å². The first-order valence-electron chi connectivity index (χ1n) is 14.1. The number of primary amides is 1. The zero-order valence-corrected chi connectivity index (χ0v) is 23.3. The van der Waals surface area contributed by atoms with Crippen molar-refractivity contribution in [3.8, 4) is 0 Å². The Morgan fingerprint density at radius 1 is 1.24 bits per heavy atom. The molecule has 9 nitrogen and oxygen atoms in total. The van der Waals surface area contributed by atoms with Gasteiger partial charge in [-0.3, -0.25) is 14.4 Å². The van der Waals surface area contributed by atoms with Gasteiger partial charge < -0.3 is 25.7 Å². The fraction of sp³-hybridized carbons (Fsp3) is 0.724. The van der Waals surface area contributed by atoms with Crippen LogP contribution in [0.3, 0.4) is 0 Å². The van der Waals surface area contributed by atoms with Gasteiger partial charge >= 0.3 is 0 Å². The molecular formula is C29H43N5O4. The van der Waals surface area contributed by atoms with Crippen LogP contribution in [-0.4, -0.2) is 52.2 Å². The van der Waals surface area contributed by atoms with Crippen molar-refractivity contribution in [1.29, 1.82) is 0 Å². The molecular weight excluding hydrogens is 482 g/mol. The van der Waals surface area contributed by atoms with E-state index >= 15 is 0 Å². The molecule has 1 aromatic rings. The van der Waals surface area contributed by atoms with E-state index in [4.69, 9.17) is 10.2 Å². The molecule has 9 heteroatoms. The smallest absolute Gasteiger partial charge is 0.295 e. The number of nitrogens with one attached hydrogen (secondary N) is 2. The van der Waals surface area contributed by atoms with E-state index in [1.54, 1.807) is 6.20 Å². The van der Waals surface area contributed by atoms with E-state index in [-0.39, 0.29) is 17.4 Å². The lowest BCUT2D eigenvalue weighted by Gasteiger charge is -2.37. The zero-order chi connectivity index (χ0) is 27.5. The number of anilines is 1. The maximum Gasteiger partial charge on any atom is 0.295 e. The molecule has 0 aromatic carbocycles. The molecule has 38 heavy (non-hydrogen) atoms. The van der Waals surface area contributed by atoms with Gasteiger partial charge in [0.1, 0.15) is 11.8 Å². The average Bonchev–Trinajstić information content (AvgIpc) is 3.03. The fourth-order valence-corrected chi connectivity index (χ4v) is 7.09. The van der Waals surface area contributed by atoms with E-state index in [9.17, 15) is 14.4 Å². The van der Waals surface area contributed by atoms with Gasteiger partial charge in [0, 0.05) is 12.2 Å². The molecule has 4 fully saturated rings. The van der Waals surface area contributed by atoms with Crippen LogP contribution in [0.1, 0.15) is 84.3 Å². The lowest BCUT2D eigenvalue weighted by Crippen LogP contribution is -2.53. The molecule has 4 N–H and O–H groups in total. The van der Waals surface area contributed by atoms with Gasteiger partial charge in [0.05, 0.1) is 18.3 Å². The third-order valence-electron chi connectivity index (χ3n) is 9.82. The molecule has 4 atom stereocenters. The first kappa shape index (κ1) is 26.8. The summed E-state index contributed by atoms with van der Waals surface area (Å²) in [6, 6.07) is -1.22. The maximum absolute atomic E-state index is 14.3. The Kier molecular flexibility index (Phi) is 6.63. The highest BCUT2D eigenvalue weighted by Gasteiger charge is 2.73. The van der Waals surface area contributed by atoms with Crippen molar-refractivity contribution >= 4 is 23.6 Å². The number of oxazole rings is 1. The van der Waals surface area contributed by atoms with Gasteiger partial charge in [-0.1, -0.05) is 53.0 Å². The van der Waals surface area contributed by atoms with E-state index in [0.29, 0.717) is 41.8 Å². The molecule has 2 heterocycles. The van der Waals surface area contributed by atoms with Gasteiger partial charge in [-0.25, -0.2) is 4.98 Å². The minimum absolute atomic E-state index is 0.0312. The molecule has 0 bridgehead atoms. The Labute approximate surface area is 225 Å². The van der Waals surface area contributed by atoms with E-state index in [1.165, 1.54) is 19.3 Å². The number of nitrogens with two attached hydrogens (primary N) is 1. The van der Waals surface area contributed by atoms with Gasteiger partial charge in [-0.05, 0) is 61.2 Å². The number of likely N-dealkylation sites (tertiary alicyclic amines) is 1. The van der Waals surface area contributed by atoms with Gasteiger partial charge in [0.15, 0.2) is 0 Å². The molecule has 1 aromatic heterocycles. The number of fused-ring (bicyclic) bond motifs is 1. The summed E-state index contributed by atoms with van der Waals surface area (Å²) in [6.45, 7) is 12.9. The molecule has 1 aliphatic heterocycles. The topological polar surface area (TPSA) is 131 Å². The van der Waals surface area contributed by atoms with Crippen LogP contribution in [0.15, 0.2) is 22.9 Å². The molecule has 1 unspecified atom stereocenters. The molecule has 2 spiro atoms. The molecule has 1 saturated heterocycles. The summed E-state index contributed by atoms with van der Waals surface area (Å²) in [5.74, 6) is -0.504. The molecule has 2 amide bonds. The van der Waals surface area contributed by atoms with E-state index in [0.717, 1.165) is 32.1 Å². The number of aromatic nitrogens is 1. The number of aryl methyl sites for hydroxylation is 1. The second kappa shape index (κ2) is 9.42. The summed E-state index contributed by atoms with van der Waals surface area (Å²) in [4.78, 5) is 45.1. The van der Waals surface area contributed by atoms with Crippen molar-refractivity contribution in [2.45, 2.75) is 104 Å². The minimum atomic E-state index is -0.931. The van der Waals surface area contributed by atoms with E-state index in [1.807, 2.05) is 32.6 Å². The second-order valence-electron chi connectivity index (χ2n) is 13.5. The number of carbonyl (C=O) groups excluding carboxylic acids is 3. The first-order valence-corrected chi connectivity index (χ1v) is 14.1. The summed E-state index contributed by atoms with van der Waals surface area (Å²) >= 11 is 0. The molecule has 3 aliphatic carbocycles. The normalized spacial score (nSPS) is 27.4. The SMILES string of the molecule is C=C(NC(CC1CCC1)C(=O)C(N)=O)[C@@H]1C[C@@]2(CN1C(=O)[C@@H](Nc1ncc(C)o1)C(C)(C)C)CC21CCC1. The second-order valence-corrected chi connectivity index (χ2v) is 13.5. The van der Waals surface area contributed by atoms with Crippen LogP contribution in [0.25, 0.3) is 0 Å². The summed E-state index contributed by atoms with van der Waals surface area (Å²) in [5.41, 5.74) is 6.04. The Balaban J connectivity index is 1.39. The number of hydrogen-bond acceptors (Lipinski definition) is 7. The van der Waals surface area contributed by atoms with Gasteiger partial charge in [0.2, 0.25) is 11.7 Å². The Bertz CT molecular complexity index is 1130. The van der Waals surface area contributed by atoms with Crippen molar-refractivity contribution in [3.05, 3.63) is 24.2 Å². The predicted molar refractivity (Wildman–Crippen MR) is 144 cm³/mol. The van der Waals surface area contributed by atoms with Crippen LogP contribution >= 0.6 is 0 Å². The van der Waals surface area contributed by atoms with Crippen LogP contribution in [0.4, 0.5) is 6.01 Å². The van der Waals surface area contributed by atoms with Crippen LogP contribution < -0.4 is 16.4 Å². The van der Waals surface area contributed by atoms with Crippen LogP contribution in [0.5, 0.6) is 0 Å². The summed E-state index contributed by atoms with van der Waals surface area (Å²) in [6.07, 6.45) is 11.1. The monoisotopic (exact) mass is 525 g/mol. The van der Waals surface area contributed by atoms with Crippen molar-refractivity contribution in [2.75, 3.05) is 11.9 Å². The zero-order valence-electron chi connectivity index (χ0n) is 23.3. The molecule has 3 saturated carbocycles. The first-order chi connectivity index (χ1) is 17.8. The van der Waals surface area contributed by atoms with Crippen molar-refractivity contribution in [3.63, 3.8) is 0 Å². The molecule has 208 valence electrons. The van der Waals surface area contributed by atoms with Gasteiger partial charge in [-0.2, -0.15) is 0 Å². The molecule has 4 aliphatic rings. The lowest BCUT2D eigenvalue weighted by molar-refractivity contribution is -0.137. The van der Waals surface area contributed by atoms with E-state index < -0.39 is 29.2 Å². The standard InChI is InChI=1S/C29H43N5O4/c1-17-14-31-26(38-17)33-23(27(3,4)5)25(37)34-16-29(15-28(29)10-7-11-28)13-21(34)18(2)32-20(22(35)24(30)36)12-19-8-6-9-19/h14,19-21,23,32H,2,6-13,15-16H2,1,3-5H3,(H2,30,36)(H,31,33)/t20?,21-,23+,29-/m0/s1. The third-order valence-corrected chi connectivity index (χ3v) is 9.82.